The summed E-state index contributed by atoms with van der Waals surface area (Å²) in [6.45, 7) is 4.76. The van der Waals surface area contributed by atoms with Crippen LogP contribution in [0.5, 0.6) is 0 Å². The lowest BCUT2D eigenvalue weighted by atomic mass is 10.2. The SMILES string of the molecule is CSC(C)CNC(=O)c1cc(C)c(C#CCCO)s1. The summed E-state index contributed by atoms with van der Waals surface area (Å²) in [5.74, 6) is 5.83. The second kappa shape index (κ2) is 8.26. The molecule has 3 nitrogen and oxygen atoms in total. The average molecular weight is 297 g/mol. The Bertz CT molecular complexity index is 485. The number of hydrogen-bond acceptors (Lipinski definition) is 4. The van der Waals surface area contributed by atoms with E-state index in [4.69, 9.17) is 5.11 Å². The zero-order valence-corrected chi connectivity index (χ0v) is 13.1. The predicted molar refractivity (Wildman–Crippen MR) is 82.9 cm³/mol. The van der Waals surface area contributed by atoms with Crippen LogP contribution in [0.15, 0.2) is 6.07 Å². The van der Waals surface area contributed by atoms with Crippen molar-refractivity contribution in [2.45, 2.75) is 25.5 Å². The first kappa shape index (κ1) is 16.1. The highest BCUT2D eigenvalue weighted by molar-refractivity contribution is 7.99. The number of thiophene rings is 1. The Balaban J connectivity index is 2.67. The number of aliphatic hydroxyl groups is 1. The van der Waals surface area contributed by atoms with Crippen molar-refractivity contribution in [2.24, 2.45) is 0 Å². The van der Waals surface area contributed by atoms with Crippen molar-refractivity contribution >= 4 is 29.0 Å². The van der Waals surface area contributed by atoms with Gasteiger partial charge in [-0.25, -0.2) is 0 Å². The molecule has 0 fully saturated rings. The smallest absolute Gasteiger partial charge is 0.261 e. The van der Waals surface area contributed by atoms with Gasteiger partial charge in [0.2, 0.25) is 0 Å². The van der Waals surface area contributed by atoms with Crippen LogP contribution in [-0.4, -0.2) is 35.7 Å². The molecule has 0 radical (unpaired) electrons. The fourth-order valence-electron chi connectivity index (χ4n) is 1.32. The van der Waals surface area contributed by atoms with Gasteiger partial charge in [-0.1, -0.05) is 18.8 Å². The summed E-state index contributed by atoms with van der Waals surface area (Å²) < 4.78 is 0. The molecule has 0 aliphatic carbocycles. The first-order valence-electron chi connectivity index (χ1n) is 6.09. The zero-order valence-electron chi connectivity index (χ0n) is 11.4. The molecule has 104 valence electrons. The van der Waals surface area contributed by atoms with E-state index < -0.39 is 0 Å². The normalized spacial score (nSPS) is 11.6. The van der Waals surface area contributed by atoms with E-state index in [0.29, 0.717) is 23.1 Å². The summed E-state index contributed by atoms with van der Waals surface area (Å²) in [5.41, 5.74) is 1.01. The lowest BCUT2D eigenvalue weighted by Gasteiger charge is -2.08. The van der Waals surface area contributed by atoms with Crippen molar-refractivity contribution < 1.29 is 9.90 Å². The molecule has 1 heterocycles. The van der Waals surface area contributed by atoms with Gasteiger partial charge < -0.3 is 10.4 Å². The minimum Gasteiger partial charge on any atom is -0.395 e. The van der Waals surface area contributed by atoms with Gasteiger partial charge in [-0.05, 0) is 24.8 Å². The van der Waals surface area contributed by atoms with Gasteiger partial charge in [0, 0.05) is 18.2 Å². The van der Waals surface area contributed by atoms with E-state index >= 15 is 0 Å². The minimum atomic E-state index is -0.0378. The van der Waals surface area contributed by atoms with Crippen molar-refractivity contribution in [1.29, 1.82) is 0 Å². The summed E-state index contributed by atoms with van der Waals surface area (Å²) >= 11 is 3.13. The highest BCUT2D eigenvalue weighted by atomic mass is 32.2. The quantitative estimate of drug-likeness (QED) is 0.820. The largest absolute Gasteiger partial charge is 0.395 e. The van der Waals surface area contributed by atoms with Gasteiger partial charge in [-0.2, -0.15) is 11.8 Å². The number of thioether (sulfide) groups is 1. The monoisotopic (exact) mass is 297 g/mol. The van der Waals surface area contributed by atoms with E-state index in [9.17, 15) is 4.79 Å². The molecule has 1 rings (SSSR count). The first-order valence-corrected chi connectivity index (χ1v) is 8.20. The molecule has 19 heavy (non-hydrogen) atoms. The molecule has 0 saturated carbocycles. The highest BCUT2D eigenvalue weighted by Crippen LogP contribution is 2.21. The number of aliphatic hydroxyl groups excluding tert-OH is 1. The number of carbonyl (C=O) groups excluding carboxylic acids is 1. The third-order valence-corrected chi connectivity index (χ3v) is 4.66. The summed E-state index contributed by atoms with van der Waals surface area (Å²) in [6.07, 6.45) is 2.49. The van der Waals surface area contributed by atoms with E-state index in [1.807, 2.05) is 19.2 Å². The van der Waals surface area contributed by atoms with Crippen LogP contribution >= 0.6 is 23.1 Å². The average Bonchev–Trinajstić information content (AvgIpc) is 2.77. The summed E-state index contributed by atoms with van der Waals surface area (Å²) in [6, 6.07) is 1.87. The Labute approximate surface area is 122 Å². The fourth-order valence-corrected chi connectivity index (χ4v) is 2.54. The number of rotatable bonds is 5. The zero-order chi connectivity index (χ0) is 14.3. The number of hydrogen-bond donors (Lipinski definition) is 2. The molecule has 0 aromatic carbocycles. The molecule has 0 bridgehead atoms. The standard InChI is InChI=1S/C14H19NO2S2/c1-10-8-13(14(17)15-9-11(2)18-3)19-12(10)6-4-5-7-16/h8,11,16H,5,7,9H2,1-3H3,(H,15,17). The van der Waals surface area contributed by atoms with Gasteiger partial charge in [0.15, 0.2) is 0 Å². The lowest BCUT2D eigenvalue weighted by Crippen LogP contribution is -2.28. The van der Waals surface area contributed by atoms with Crippen molar-refractivity contribution in [3.8, 4) is 11.8 Å². The van der Waals surface area contributed by atoms with Crippen molar-refractivity contribution in [3.63, 3.8) is 0 Å². The van der Waals surface area contributed by atoms with Crippen LogP contribution in [0.25, 0.3) is 0 Å². The molecule has 1 amide bonds. The van der Waals surface area contributed by atoms with Gasteiger partial charge >= 0.3 is 0 Å². The lowest BCUT2D eigenvalue weighted by molar-refractivity contribution is 0.0958. The van der Waals surface area contributed by atoms with Gasteiger partial charge in [0.25, 0.3) is 5.91 Å². The molecule has 2 N–H and O–H groups in total. The van der Waals surface area contributed by atoms with Crippen LogP contribution in [0.3, 0.4) is 0 Å². The molecule has 0 aliphatic rings. The maximum atomic E-state index is 12.0. The van der Waals surface area contributed by atoms with E-state index in [2.05, 4.69) is 24.1 Å². The van der Waals surface area contributed by atoms with E-state index in [1.165, 1.54) is 11.3 Å². The van der Waals surface area contributed by atoms with Gasteiger partial charge in [0.1, 0.15) is 0 Å². The third kappa shape index (κ3) is 5.27. The fraction of sp³-hybridized carbons (Fsp3) is 0.500. The van der Waals surface area contributed by atoms with Crippen molar-refractivity contribution in [3.05, 3.63) is 21.4 Å². The summed E-state index contributed by atoms with van der Waals surface area (Å²) in [4.78, 5) is 13.6. The topological polar surface area (TPSA) is 49.3 Å². The van der Waals surface area contributed by atoms with Crippen LogP contribution in [0.4, 0.5) is 0 Å². The highest BCUT2D eigenvalue weighted by Gasteiger charge is 2.12. The predicted octanol–water partition coefficient (Wildman–Crippen LogP) is 2.27. The van der Waals surface area contributed by atoms with Crippen LogP contribution in [-0.2, 0) is 0 Å². The molecule has 0 saturated heterocycles. The molecule has 5 heteroatoms. The van der Waals surface area contributed by atoms with Crippen LogP contribution < -0.4 is 5.32 Å². The molecule has 0 aliphatic heterocycles. The van der Waals surface area contributed by atoms with Gasteiger partial charge in [-0.15, -0.1) is 11.3 Å². The Morgan fingerprint density at radius 2 is 2.37 bits per heavy atom. The molecular weight excluding hydrogens is 278 g/mol. The number of nitrogens with one attached hydrogen (secondary N) is 1. The first-order chi connectivity index (χ1) is 9.08. The second-order valence-corrected chi connectivity index (χ2v) is 6.48. The van der Waals surface area contributed by atoms with Crippen LogP contribution in [0.2, 0.25) is 0 Å². The molecule has 1 aromatic heterocycles. The van der Waals surface area contributed by atoms with E-state index in [1.54, 1.807) is 11.8 Å². The Morgan fingerprint density at radius 1 is 1.63 bits per heavy atom. The van der Waals surface area contributed by atoms with Gasteiger partial charge in [-0.3, -0.25) is 4.79 Å². The molecule has 1 aromatic rings. The molecular formula is C14H19NO2S2. The Hall–Kier alpha value is -0.960. The number of carbonyl (C=O) groups is 1. The summed E-state index contributed by atoms with van der Waals surface area (Å²) in [5, 5.41) is 12.0. The third-order valence-electron chi connectivity index (χ3n) is 2.53. The van der Waals surface area contributed by atoms with E-state index in [0.717, 1.165) is 10.4 Å². The van der Waals surface area contributed by atoms with E-state index in [-0.39, 0.29) is 12.5 Å². The van der Waals surface area contributed by atoms with Crippen LogP contribution in [0.1, 0.15) is 33.5 Å². The van der Waals surface area contributed by atoms with Crippen LogP contribution in [0, 0.1) is 18.8 Å². The number of aryl methyl sites for hydroxylation is 1. The molecule has 0 spiro atoms. The maximum absolute atomic E-state index is 12.0. The number of amides is 1. The summed E-state index contributed by atoms with van der Waals surface area (Å²) in [7, 11) is 0. The molecule has 1 unspecified atom stereocenters. The minimum absolute atomic E-state index is 0.0378. The molecule has 1 atom stereocenters. The van der Waals surface area contributed by atoms with Crippen molar-refractivity contribution in [1.82, 2.24) is 5.32 Å². The van der Waals surface area contributed by atoms with Gasteiger partial charge in [0.05, 0.1) is 16.4 Å². The Morgan fingerprint density at radius 3 is 3.00 bits per heavy atom. The Kier molecular flexibility index (Phi) is 7.00. The second-order valence-electron chi connectivity index (χ2n) is 4.15. The van der Waals surface area contributed by atoms with Crippen molar-refractivity contribution in [2.75, 3.05) is 19.4 Å². The maximum Gasteiger partial charge on any atom is 0.261 e.